The van der Waals surface area contributed by atoms with Crippen molar-refractivity contribution in [2.75, 3.05) is 19.6 Å². The number of piperidine rings is 1. The molecule has 0 bridgehead atoms. The van der Waals surface area contributed by atoms with Crippen LogP contribution >= 0.6 is 11.3 Å². The van der Waals surface area contributed by atoms with Crippen molar-refractivity contribution in [2.24, 2.45) is 0 Å². The van der Waals surface area contributed by atoms with Crippen molar-refractivity contribution in [3.8, 4) is 6.07 Å². The topological polar surface area (TPSA) is 39.1 Å². The first-order valence-corrected chi connectivity index (χ1v) is 7.08. The Balaban J connectivity index is 1.74. The maximum Gasteiger partial charge on any atom is 0.110 e. The summed E-state index contributed by atoms with van der Waals surface area (Å²) in [4.78, 5) is 4.57. The molecule has 0 aliphatic carbocycles. The summed E-state index contributed by atoms with van der Waals surface area (Å²) in [6.07, 6.45) is 2.48. The van der Waals surface area contributed by atoms with Crippen LogP contribution in [0.5, 0.6) is 0 Å². The summed E-state index contributed by atoms with van der Waals surface area (Å²) in [6, 6.07) is 6.78. The fraction of sp³-hybridized carbons (Fsp3) is 0.615. The molecule has 0 radical (unpaired) electrons. The van der Waals surface area contributed by atoms with Crippen LogP contribution in [0, 0.1) is 11.3 Å². The summed E-state index contributed by atoms with van der Waals surface area (Å²) < 4.78 is 0. The van der Waals surface area contributed by atoms with Gasteiger partial charge in [-0.1, -0.05) is 6.92 Å². The van der Waals surface area contributed by atoms with E-state index in [4.69, 9.17) is 5.26 Å². The minimum atomic E-state index is 0.644. The van der Waals surface area contributed by atoms with Crippen LogP contribution in [0.3, 0.4) is 0 Å². The van der Waals surface area contributed by atoms with Crippen molar-refractivity contribution in [3.63, 3.8) is 0 Å². The third-order valence-electron chi connectivity index (χ3n) is 3.37. The molecule has 0 amide bonds. The number of hydrogen-bond donors (Lipinski definition) is 1. The van der Waals surface area contributed by atoms with Crippen LogP contribution in [-0.4, -0.2) is 30.6 Å². The molecule has 1 aliphatic heterocycles. The van der Waals surface area contributed by atoms with Gasteiger partial charge in [0.25, 0.3) is 0 Å². The third-order valence-corrected chi connectivity index (χ3v) is 4.36. The van der Waals surface area contributed by atoms with Crippen molar-refractivity contribution in [3.05, 3.63) is 21.9 Å². The molecule has 17 heavy (non-hydrogen) atoms. The molecule has 92 valence electrons. The third kappa shape index (κ3) is 3.53. The summed E-state index contributed by atoms with van der Waals surface area (Å²) >= 11 is 1.59. The zero-order valence-corrected chi connectivity index (χ0v) is 11.1. The summed E-state index contributed by atoms with van der Waals surface area (Å²) in [7, 11) is 0. The molecule has 1 aromatic heterocycles. The molecule has 0 aromatic carbocycles. The predicted molar refractivity (Wildman–Crippen MR) is 71.0 cm³/mol. The van der Waals surface area contributed by atoms with Gasteiger partial charge in [-0.05, 0) is 44.6 Å². The van der Waals surface area contributed by atoms with E-state index >= 15 is 0 Å². The van der Waals surface area contributed by atoms with E-state index in [1.54, 1.807) is 11.3 Å². The largest absolute Gasteiger partial charge is 0.309 e. The normalized spacial score (nSPS) is 18.1. The maximum atomic E-state index is 8.76. The lowest BCUT2D eigenvalue weighted by Crippen LogP contribution is -2.41. The van der Waals surface area contributed by atoms with Crippen molar-refractivity contribution >= 4 is 11.3 Å². The fourth-order valence-electron chi connectivity index (χ4n) is 2.23. The Morgan fingerprint density at radius 3 is 2.82 bits per heavy atom. The number of nitrogens with zero attached hydrogens (tertiary/aromatic N) is 2. The predicted octanol–water partition coefficient (Wildman–Crippen LogP) is 2.19. The van der Waals surface area contributed by atoms with E-state index in [2.05, 4.69) is 29.3 Å². The lowest BCUT2D eigenvalue weighted by atomic mass is 10.1. The quantitative estimate of drug-likeness (QED) is 0.889. The Morgan fingerprint density at radius 2 is 2.24 bits per heavy atom. The molecular formula is C13H19N3S. The second-order valence-electron chi connectivity index (χ2n) is 4.47. The molecule has 1 aromatic rings. The van der Waals surface area contributed by atoms with Gasteiger partial charge in [-0.2, -0.15) is 5.26 Å². The number of thiophene rings is 1. The number of rotatable bonds is 4. The maximum absolute atomic E-state index is 8.76. The van der Waals surface area contributed by atoms with E-state index in [9.17, 15) is 0 Å². The van der Waals surface area contributed by atoms with Gasteiger partial charge >= 0.3 is 0 Å². The Hall–Kier alpha value is -0.890. The summed E-state index contributed by atoms with van der Waals surface area (Å²) in [5.74, 6) is 0. The monoisotopic (exact) mass is 249 g/mol. The van der Waals surface area contributed by atoms with Crippen LogP contribution in [0.2, 0.25) is 0 Å². The first-order valence-electron chi connectivity index (χ1n) is 6.26. The molecule has 2 rings (SSSR count). The van der Waals surface area contributed by atoms with Gasteiger partial charge in [-0.3, -0.25) is 0 Å². The van der Waals surface area contributed by atoms with Gasteiger partial charge in [0, 0.05) is 17.5 Å². The second kappa shape index (κ2) is 6.15. The average molecular weight is 249 g/mol. The van der Waals surface area contributed by atoms with E-state index < -0.39 is 0 Å². The molecule has 0 saturated carbocycles. The molecule has 0 unspecified atom stereocenters. The van der Waals surface area contributed by atoms with E-state index in [0.29, 0.717) is 6.04 Å². The molecule has 4 heteroatoms. The molecule has 1 N–H and O–H groups in total. The van der Waals surface area contributed by atoms with Crippen molar-refractivity contribution in [1.29, 1.82) is 5.26 Å². The Kier molecular flexibility index (Phi) is 4.55. The van der Waals surface area contributed by atoms with Crippen LogP contribution in [-0.2, 0) is 6.54 Å². The standard InChI is InChI=1S/C13H19N3S/c1-2-16-7-5-11(6-8-16)15-10-13-4-3-12(9-14)17-13/h3-4,11,15H,2,5-8,10H2,1H3. The van der Waals surface area contributed by atoms with Gasteiger partial charge in [0.05, 0.1) is 0 Å². The zero-order chi connectivity index (χ0) is 12.1. The molecular weight excluding hydrogens is 230 g/mol. The van der Waals surface area contributed by atoms with Crippen LogP contribution in [0.15, 0.2) is 12.1 Å². The van der Waals surface area contributed by atoms with Gasteiger partial charge in [-0.15, -0.1) is 11.3 Å². The Morgan fingerprint density at radius 1 is 1.47 bits per heavy atom. The summed E-state index contributed by atoms with van der Waals surface area (Å²) in [6.45, 7) is 6.72. The van der Waals surface area contributed by atoms with Crippen molar-refractivity contribution in [2.45, 2.75) is 32.4 Å². The molecule has 1 saturated heterocycles. The van der Waals surface area contributed by atoms with E-state index in [-0.39, 0.29) is 0 Å². The highest BCUT2D eigenvalue weighted by Crippen LogP contribution is 2.16. The first kappa shape index (κ1) is 12.6. The van der Waals surface area contributed by atoms with Gasteiger partial charge in [0.2, 0.25) is 0 Å². The number of likely N-dealkylation sites (tertiary alicyclic amines) is 1. The Labute approximate surface area is 107 Å². The number of nitriles is 1. The van der Waals surface area contributed by atoms with Gasteiger partial charge in [-0.25, -0.2) is 0 Å². The smallest absolute Gasteiger partial charge is 0.110 e. The highest BCUT2D eigenvalue weighted by molar-refractivity contribution is 7.12. The highest BCUT2D eigenvalue weighted by Gasteiger charge is 2.17. The zero-order valence-electron chi connectivity index (χ0n) is 10.3. The van der Waals surface area contributed by atoms with Gasteiger partial charge < -0.3 is 10.2 Å². The number of nitrogens with one attached hydrogen (secondary N) is 1. The summed E-state index contributed by atoms with van der Waals surface area (Å²) in [5, 5.41) is 12.4. The molecule has 0 atom stereocenters. The second-order valence-corrected chi connectivity index (χ2v) is 5.64. The summed E-state index contributed by atoms with van der Waals surface area (Å²) in [5.41, 5.74) is 0. The van der Waals surface area contributed by atoms with Crippen LogP contribution in [0.4, 0.5) is 0 Å². The molecule has 0 spiro atoms. The molecule has 1 aliphatic rings. The average Bonchev–Trinajstić information content (AvgIpc) is 2.85. The lowest BCUT2D eigenvalue weighted by molar-refractivity contribution is 0.206. The minimum Gasteiger partial charge on any atom is -0.309 e. The van der Waals surface area contributed by atoms with Crippen LogP contribution < -0.4 is 5.32 Å². The van der Waals surface area contributed by atoms with E-state index in [0.717, 1.165) is 11.4 Å². The minimum absolute atomic E-state index is 0.644. The fourth-order valence-corrected chi connectivity index (χ4v) is 2.99. The highest BCUT2D eigenvalue weighted by atomic mass is 32.1. The van der Waals surface area contributed by atoms with E-state index in [1.165, 1.54) is 37.4 Å². The lowest BCUT2D eigenvalue weighted by Gasteiger charge is -2.31. The van der Waals surface area contributed by atoms with Crippen LogP contribution in [0.25, 0.3) is 0 Å². The van der Waals surface area contributed by atoms with Crippen molar-refractivity contribution in [1.82, 2.24) is 10.2 Å². The SMILES string of the molecule is CCN1CCC(NCc2ccc(C#N)s2)CC1. The molecule has 2 heterocycles. The van der Waals surface area contributed by atoms with E-state index in [1.807, 2.05) is 6.07 Å². The molecule has 1 fully saturated rings. The van der Waals surface area contributed by atoms with Crippen molar-refractivity contribution < 1.29 is 0 Å². The van der Waals surface area contributed by atoms with Gasteiger partial charge in [0.15, 0.2) is 0 Å². The molecule has 3 nitrogen and oxygen atoms in total. The van der Waals surface area contributed by atoms with Crippen LogP contribution in [0.1, 0.15) is 29.5 Å². The number of hydrogen-bond acceptors (Lipinski definition) is 4. The van der Waals surface area contributed by atoms with Gasteiger partial charge in [0.1, 0.15) is 10.9 Å². The Bertz CT molecular complexity index is 386. The first-order chi connectivity index (χ1) is 8.31.